The topological polar surface area (TPSA) is 83.8 Å². The van der Waals surface area contributed by atoms with Crippen molar-refractivity contribution in [1.82, 2.24) is 0 Å². The molecular formula is C10H18O5. The molecule has 2 unspecified atom stereocenters. The molecule has 0 aromatic heterocycles. The molecule has 0 aliphatic rings. The molecule has 0 spiro atoms. The molecule has 0 fully saturated rings. The van der Waals surface area contributed by atoms with Gasteiger partial charge in [-0.1, -0.05) is 13.3 Å². The number of carbonyl (C=O) groups excluding carboxylic acids is 2. The van der Waals surface area contributed by atoms with Crippen LogP contribution in [0.1, 0.15) is 33.1 Å². The van der Waals surface area contributed by atoms with Crippen LogP contribution >= 0.6 is 0 Å². The number of ether oxygens (including phenoxy) is 1. The average Bonchev–Trinajstić information content (AvgIpc) is 2.17. The summed E-state index contributed by atoms with van der Waals surface area (Å²) in [5.41, 5.74) is 0. The SMILES string of the molecule is CCCCOC(=O)C(O)CC(=O)C(C)O. The van der Waals surface area contributed by atoms with Crippen molar-refractivity contribution in [3.8, 4) is 0 Å². The molecule has 0 aliphatic carbocycles. The maximum Gasteiger partial charge on any atom is 0.335 e. The zero-order valence-electron chi connectivity index (χ0n) is 9.10. The van der Waals surface area contributed by atoms with Gasteiger partial charge in [-0.3, -0.25) is 4.79 Å². The van der Waals surface area contributed by atoms with Crippen LogP contribution in [0.2, 0.25) is 0 Å². The lowest BCUT2D eigenvalue weighted by atomic mass is 10.1. The number of ketones is 1. The third-order valence-corrected chi connectivity index (χ3v) is 1.87. The van der Waals surface area contributed by atoms with E-state index in [4.69, 9.17) is 9.84 Å². The Balaban J connectivity index is 3.83. The molecule has 0 radical (unpaired) electrons. The number of hydrogen-bond acceptors (Lipinski definition) is 5. The monoisotopic (exact) mass is 218 g/mol. The predicted molar refractivity (Wildman–Crippen MR) is 53.2 cm³/mol. The second-order valence-corrected chi connectivity index (χ2v) is 3.38. The van der Waals surface area contributed by atoms with Crippen molar-refractivity contribution in [2.24, 2.45) is 0 Å². The number of rotatable bonds is 7. The first-order valence-corrected chi connectivity index (χ1v) is 5.04. The Labute approximate surface area is 89.0 Å². The van der Waals surface area contributed by atoms with Gasteiger partial charge in [0.05, 0.1) is 6.61 Å². The quantitative estimate of drug-likeness (QED) is 0.465. The molecular weight excluding hydrogens is 200 g/mol. The van der Waals surface area contributed by atoms with E-state index in [1.165, 1.54) is 6.92 Å². The summed E-state index contributed by atoms with van der Waals surface area (Å²) in [5, 5.41) is 18.1. The summed E-state index contributed by atoms with van der Waals surface area (Å²) in [4.78, 5) is 22.0. The third-order valence-electron chi connectivity index (χ3n) is 1.87. The highest BCUT2D eigenvalue weighted by Crippen LogP contribution is 2.00. The summed E-state index contributed by atoms with van der Waals surface area (Å²) in [6.07, 6.45) is -1.42. The summed E-state index contributed by atoms with van der Waals surface area (Å²) in [7, 11) is 0. The molecule has 2 N–H and O–H groups in total. The lowest BCUT2D eigenvalue weighted by molar-refractivity contribution is -0.156. The number of carbonyl (C=O) groups is 2. The Morgan fingerprint density at radius 1 is 1.33 bits per heavy atom. The van der Waals surface area contributed by atoms with Crippen LogP contribution in [-0.2, 0) is 14.3 Å². The number of aliphatic hydroxyl groups is 2. The van der Waals surface area contributed by atoms with Crippen molar-refractivity contribution >= 4 is 11.8 Å². The van der Waals surface area contributed by atoms with E-state index in [0.29, 0.717) is 0 Å². The largest absolute Gasteiger partial charge is 0.464 e. The first kappa shape index (κ1) is 14.1. The molecule has 0 aromatic rings. The van der Waals surface area contributed by atoms with Crippen molar-refractivity contribution in [1.29, 1.82) is 0 Å². The Bertz CT molecular complexity index is 212. The van der Waals surface area contributed by atoms with Crippen molar-refractivity contribution in [2.75, 3.05) is 6.61 Å². The van der Waals surface area contributed by atoms with Crippen LogP contribution in [0.4, 0.5) is 0 Å². The molecule has 0 bridgehead atoms. The zero-order chi connectivity index (χ0) is 11.8. The van der Waals surface area contributed by atoms with Gasteiger partial charge in [-0.15, -0.1) is 0 Å². The number of hydrogen-bond donors (Lipinski definition) is 2. The van der Waals surface area contributed by atoms with Crippen molar-refractivity contribution in [3.05, 3.63) is 0 Å². The summed E-state index contributed by atoms with van der Waals surface area (Å²) in [5.74, 6) is -1.38. The van der Waals surface area contributed by atoms with E-state index < -0.39 is 30.4 Å². The number of Topliss-reactive ketones (excluding diaryl/α,β-unsaturated/α-hetero) is 1. The van der Waals surface area contributed by atoms with Gasteiger partial charge in [0.15, 0.2) is 11.9 Å². The fraction of sp³-hybridized carbons (Fsp3) is 0.800. The highest BCUT2D eigenvalue weighted by molar-refractivity contribution is 5.88. The molecule has 2 atom stereocenters. The van der Waals surface area contributed by atoms with E-state index in [2.05, 4.69) is 0 Å². The molecule has 0 aliphatic heterocycles. The standard InChI is InChI=1S/C10H18O5/c1-3-4-5-15-10(14)9(13)6-8(12)7(2)11/h7,9,11,13H,3-6H2,1-2H3. The van der Waals surface area contributed by atoms with E-state index in [-0.39, 0.29) is 6.61 Å². The van der Waals surface area contributed by atoms with Gasteiger partial charge in [0.1, 0.15) is 6.10 Å². The Morgan fingerprint density at radius 2 is 1.93 bits per heavy atom. The minimum atomic E-state index is -1.47. The molecule has 5 heteroatoms. The number of aliphatic hydroxyl groups excluding tert-OH is 2. The Hall–Kier alpha value is -0.940. The number of esters is 1. The van der Waals surface area contributed by atoms with Crippen molar-refractivity contribution in [3.63, 3.8) is 0 Å². The third kappa shape index (κ3) is 6.19. The van der Waals surface area contributed by atoms with Gasteiger partial charge >= 0.3 is 5.97 Å². The minimum absolute atomic E-state index is 0.245. The lowest BCUT2D eigenvalue weighted by Gasteiger charge is -2.10. The zero-order valence-corrected chi connectivity index (χ0v) is 9.10. The van der Waals surface area contributed by atoms with Crippen LogP contribution in [0.15, 0.2) is 0 Å². The summed E-state index contributed by atoms with van der Waals surface area (Å²) < 4.78 is 4.70. The van der Waals surface area contributed by atoms with Crippen LogP contribution < -0.4 is 0 Å². The molecule has 0 rings (SSSR count). The molecule has 0 saturated carbocycles. The van der Waals surface area contributed by atoms with Gasteiger partial charge < -0.3 is 14.9 Å². The molecule has 0 heterocycles. The van der Waals surface area contributed by atoms with E-state index in [0.717, 1.165) is 12.8 Å². The normalized spacial score (nSPS) is 14.4. The van der Waals surface area contributed by atoms with Crippen LogP contribution in [0.5, 0.6) is 0 Å². The fourth-order valence-electron chi connectivity index (χ4n) is 0.858. The Kier molecular flexibility index (Phi) is 6.90. The van der Waals surface area contributed by atoms with Crippen molar-refractivity contribution < 1.29 is 24.5 Å². The second kappa shape index (κ2) is 7.36. The Morgan fingerprint density at radius 3 is 2.40 bits per heavy atom. The van der Waals surface area contributed by atoms with Crippen LogP contribution in [-0.4, -0.2) is 40.8 Å². The highest BCUT2D eigenvalue weighted by Gasteiger charge is 2.22. The number of unbranched alkanes of at least 4 members (excludes halogenated alkanes) is 1. The predicted octanol–water partition coefficient (Wildman–Crippen LogP) is 0.0306. The molecule has 0 saturated heterocycles. The first-order chi connectivity index (χ1) is 6.99. The summed E-state index contributed by atoms with van der Waals surface area (Å²) >= 11 is 0. The van der Waals surface area contributed by atoms with Crippen LogP contribution in [0.25, 0.3) is 0 Å². The van der Waals surface area contributed by atoms with Gasteiger partial charge in [-0.25, -0.2) is 4.79 Å². The van der Waals surface area contributed by atoms with Gasteiger partial charge in [0, 0.05) is 6.42 Å². The first-order valence-electron chi connectivity index (χ1n) is 5.04. The minimum Gasteiger partial charge on any atom is -0.464 e. The fourth-order valence-corrected chi connectivity index (χ4v) is 0.858. The maximum absolute atomic E-state index is 11.1. The van der Waals surface area contributed by atoms with E-state index in [1.54, 1.807) is 0 Å². The highest BCUT2D eigenvalue weighted by atomic mass is 16.5. The van der Waals surface area contributed by atoms with E-state index in [1.807, 2.05) is 6.92 Å². The van der Waals surface area contributed by atoms with Gasteiger partial charge in [0.2, 0.25) is 0 Å². The second-order valence-electron chi connectivity index (χ2n) is 3.38. The summed E-state index contributed by atoms with van der Waals surface area (Å²) in [6, 6.07) is 0. The summed E-state index contributed by atoms with van der Waals surface area (Å²) in [6.45, 7) is 3.48. The van der Waals surface area contributed by atoms with E-state index >= 15 is 0 Å². The average molecular weight is 218 g/mol. The molecule has 0 amide bonds. The molecule has 15 heavy (non-hydrogen) atoms. The van der Waals surface area contributed by atoms with Crippen molar-refractivity contribution in [2.45, 2.75) is 45.3 Å². The van der Waals surface area contributed by atoms with E-state index in [9.17, 15) is 14.7 Å². The maximum atomic E-state index is 11.1. The van der Waals surface area contributed by atoms with Gasteiger partial charge in [0.25, 0.3) is 0 Å². The lowest BCUT2D eigenvalue weighted by Crippen LogP contribution is -2.29. The van der Waals surface area contributed by atoms with Crippen LogP contribution in [0, 0.1) is 0 Å². The van der Waals surface area contributed by atoms with Gasteiger partial charge in [-0.2, -0.15) is 0 Å². The molecule has 88 valence electrons. The van der Waals surface area contributed by atoms with Gasteiger partial charge in [-0.05, 0) is 13.3 Å². The molecule has 5 nitrogen and oxygen atoms in total. The van der Waals surface area contributed by atoms with Crippen LogP contribution in [0.3, 0.4) is 0 Å². The molecule has 0 aromatic carbocycles. The smallest absolute Gasteiger partial charge is 0.335 e.